The lowest BCUT2D eigenvalue weighted by molar-refractivity contribution is 0.0912. The van der Waals surface area contributed by atoms with Crippen LogP contribution in [0.4, 0.5) is 10.2 Å². The normalized spacial score (nSPS) is 17.5. The monoisotopic (exact) mass is 513 g/mol. The predicted octanol–water partition coefficient (Wildman–Crippen LogP) is 2.47. The third-order valence-electron chi connectivity index (χ3n) is 6.27. The number of hydrogen-bond donors (Lipinski definition) is 3. The molecule has 190 valence electrons. The molecule has 3 aromatic rings. The molecule has 2 heterocycles. The number of nitrogen functional groups attached to an aromatic ring is 1. The van der Waals surface area contributed by atoms with Crippen molar-refractivity contribution in [2.75, 3.05) is 31.7 Å². The van der Waals surface area contributed by atoms with E-state index in [4.69, 9.17) is 5.73 Å². The van der Waals surface area contributed by atoms with Gasteiger partial charge in [-0.3, -0.25) is 4.79 Å². The summed E-state index contributed by atoms with van der Waals surface area (Å²) in [7, 11) is -3.33. The molecule has 1 saturated heterocycles. The van der Waals surface area contributed by atoms with E-state index in [0.717, 1.165) is 6.42 Å². The number of nitrogens with one attached hydrogen (secondary N) is 1. The Balaban J connectivity index is 1.56. The van der Waals surface area contributed by atoms with Gasteiger partial charge in [-0.25, -0.2) is 27.1 Å². The number of carbonyl (C=O) groups excluding carboxylic acids is 1. The molecule has 4 N–H and O–H groups in total. The molecule has 9 nitrogen and oxygen atoms in total. The molecular weight excluding hydrogens is 485 g/mol. The largest absolute Gasteiger partial charge is 0.394 e. The number of carbonyl (C=O) groups is 1. The van der Waals surface area contributed by atoms with Crippen LogP contribution in [-0.4, -0.2) is 59.7 Å². The van der Waals surface area contributed by atoms with Crippen LogP contribution in [0.2, 0.25) is 0 Å². The van der Waals surface area contributed by atoms with Crippen molar-refractivity contribution < 1.29 is 22.7 Å². The molecule has 1 aromatic heterocycles. The van der Waals surface area contributed by atoms with Crippen molar-refractivity contribution in [1.29, 1.82) is 0 Å². The van der Waals surface area contributed by atoms with E-state index in [1.807, 2.05) is 6.07 Å². The zero-order chi connectivity index (χ0) is 25.9. The first-order valence-corrected chi connectivity index (χ1v) is 13.4. The lowest BCUT2D eigenvalue weighted by Gasteiger charge is -2.30. The summed E-state index contributed by atoms with van der Waals surface area (Å²) >= 11 is 0. The number of aromatic nitrogens is 2. The van der Waals surface area contributed by atoms with Crippen molar-refractivity contribution in [1.82, 2.24) is 19.6 Å². The van der Waals surface area contributed by atoms with Crippen LogP contribution in [-0.2, 0) is 10.0 Å². The van der Waals surface area contributed by atoms with E-state index in [0.29, 0.717) is 29.8 Å². The minimum absolute atomic E-state index is 0.0931. The average molecular weight is 514 g/mol. The van der Waals surface area contributed by atoms with Gasteiger partial charge < -0.3 is 16.2 Å². The van der Waals surface area contributed by atoms with E-state index < -0.39 is 27.8 Å². The Morgan fingerprint density at radius 2 is 2.03 bits per heavy atom. The highest BCUT2D eigenvalue weighted by Crippen LogP contribution is 2.30. The second-order valence-corrected chi connectivity index (χ2v) is 10.8. The smallest absolute Gasteiger partial charge is 0.254 e. The standard InChI is InChI=1S/C25H28FN5O4S/c1-36(34,35)31-11-5-8-18(14-31)21-13-28-24(27)23(29-21)17-9-10-19(20(26)12-17)25(33)30-22(15-32)16-6-3-2-4-7-16/h2-4,6-7,9-10,12-13,18,22,32H,5,8,11,14-15H2,1H3,(H2,27,28)(H,30,33). The van der Waals surface area contributed by atoms with Crippen molar-refractivity contribution in [2.45, 2.75) is 24.8 Å². The number of nitrogens with zero attached hydrogens (tertiary/aromatic N) is 3. The van der Waals surface area contributed by atoms with E-state index in [1.54, 1.807) is 24.3 Å². The van der Waals surface area contributed by atoms with Crippen LogP contribution in [0, 0.1) is 5.82 Å². The minimum Gasteiger partial charge on any atom is -0.394 e. The van der Waals surface area contributed by atoms with Crippen LogP contribution >= 0.6 is 0 Å². The number of nitrogens with two attached hydrogens (primary N) is 1. The fourth-order valence-electron chi connectivity index (χ4n) is 4.31. The number of benzene rings is 2. The van der Waals surface area contributed by atoms with Gasteiger partial charge in [0, 0.05) is 24.6 Å². The van der Waals surface area contributed by atoms with E-state index in [9.17, 15) is 18.3 Å². The highest BCUT2D eigenvalue weighted by molar-refractivity contribution is 7.88. The summed E-state index contributed by atoms with van der Waals surface area (Å²) in [5.74, 6) is -1.51. The van der Waals surface area contributed by atoms with Gasteiger partial charge in [0.2, 0.25) is 10.0 Å². The van der Waals surface area contributed by atoms with Crippen molar-refractivity contribution in [3.05, 3.63) is 77.4 Å². The SMILES string of the molecule is CS(=O)(=O)N1CCCC(c2cnc(N)c(-c3ccc(C(=O)NC(CO)c4ccccc4)c(F)c3)n2)C1. The first-order chi connectivity index (χ1) is 17.2. The third-order valence-corrected chi connectivity index (χ3v) is 7.54. The minimum atomic E-state index is -3.33. The number of aliphatic hydroxyl groups excluding tert-OH is 1. The molecule has 0 aliphatic carbocycles. The van der Waals surface area contributed by atoms with Crippen molar-refractivity contribution in [3.8, 4) is 11.3 Å². The van der Waals surface area contributed by atoms with E-state index in [2.05, 4.69) is 15.3 Å². The van der Waals surface area contributed by atoms with Crippen LogP contribution in [0.5, 0.6) is 0 Å². The first-order valence-electron chi connectivity index (χ1n) is 11.5. The summed E-state index contributed by atoms with van der Waals surface area (Å²) in [6.45, 7) is 0.408. The molecule has 0 spiro atoms. The highest BCUT2D eigenvalue weighted by atomic mass is 32.2. The maximum atomic E-state index is 15.0. The molecule has 2 aromatic carbocycles. The van der Waals surface area contributed by atoms with Gasteiger partial charge in [0.15, 0.2) is 0 Å². The van der Waals surface area contributed by atoms with Crippen molar-refractivity contribution in [2.24, 2.45) is 0 Å². The molecule has 1 fully saturated rings. The molecule has 11 heteroatoms. The Kier molecular flexibility index (Phi) is 7.62. The molecule has 0 saturated carbocycles. The predicted molar refractivity (Wildman–Crippen MR) is 134 cm³/mol. The maximum Gasteiger partial charge on any atom is 0.254 e. The average Bonchev–Trinajstić information content (AvgIpc) is 2.87. The Hall–Kier alpha value is -3.41. The summed E-state index contributed by atoms with van der Waals surface area (Å²) < 4.78 is 40.4. The number of anilines is 1. The van der Waals surface area contributed by atoms with Gasteiger partial charge in [0.05, 0.1) is 36.4 Å². The highest BCUT2D eigenvalue weighted by Gasteiger charge is 2.28. The van der Waals surface area contributed by atoms with Crippen LogP contribution in [0.1, 0.15) is 46.4 Å². The van der Waals surface area contributed by atoms with Gasteiger partial charge in [-0.05, 0) is 30.5 Å². The second-order valence-electron chi connectivity index (χ2n) is 8.80. The molecule has 2 atom stereocenters. The summed E-state index contributed by atoms with van der Waals surface area (Å²) in [4.78, 5) is 21.5. The zero-order valence-corrected chi connectivity index (χ0v) is 20.6. The number of halogens is 1. The summed E-state index contributed by atoms with van der Waals surface area (Å²) in [6, 6.07) is 12.2. The number of sulfonamides is 1. The van der Waals surface area contributed by atoms with E-state index in [-0.39, 0.29) is 36.1 Å². The fraction of sp³-hybridized carbons (Fsp3) is 0.320. The molecule has 4 rings (SSSR count). The van der Waals surface area contributed by atoms with Gasteiger partial charge in [0.25, 0.3) is 5.91 Å². The topological polar surface area (TPSA) is 139 Å². The Morgan fingerprint density at radius 3 is 2.69 bits per heavy atom. The molecule has 1 amide bonds. The molecular formula is C25H28FN5O4S. The van der Waals surface area contributed by atoms with Crippen LogP contribution in [0.3, 0.4) is 0 Å². The summed E-state index contributed by atoms with van der Waals surface area (Å²) in [5.41, 5.74) is 7.71. The van der Waals surface area contributed by atoms with Gasteiger partial charge >= 0.3 is 0 Å². The molecule has 0 bridgehead atoms. The number of aliphatic hydroxyl groups is 1. The summed E-state index contributed by atoms with van der Waals surface area (Å²) in [5, 5.41) is 12.3. The lowest BCUT2D eigenvalue weighted by Crippen LogP contribution is -2.38. The quantitative estimate of drug-likeness (QED) is 0.441. The maximum absolute atomic E-state index is 15.0. The van der Waals surface area contributed by atoms with Crippen LogP contribution in [0.15, 0.2) is 54.7 Å². The van der Waals surface area contributed by atoms with Crippen LogP contribution in [0.25, 0.3) is 11.3 Å². The van der Waals surface area contributed by atoms with E-state index >= 15 is 4.39 Å². The molecule has 2 unspecified atom stereocenters. The first kappa shape index (κ1) is 25.7. The number of amides is 1. The summed E-state index contributed by atoms with van der Waals surface area (Å²) in [6.07, 6.45) is 4.13. The number of hydrogen-bond acceptors (Lipinski definition) is 7. The molecule has 1 aliphatic rings. The van der Waals surface area contributed by atoms with Gasteiger partial charge in [-0.1, -0.05) is 36.4 Å². The Morgan fingerprint density at radius 1 is 1.28 bits per heavy atom. The van der Waals surface area contributed by atoms with E-state index in [1.165, 1.54) is 35.0 Å². The molecule has 36 heavy (non-hydrogen) atoms. The Bertz CT molecular complexity index is 1350. The van der Waals surface area contributed by atoms with Crippen LogP contribution < -0.4 is 11.1 Å². The van der Waals surface area contributed by atoms with Gasteiger partial charge in [-0.2, -0.15) is 0 Å². The molecule has 1 aliphatic heterocycles. The van der Waals surface area contributed by atoms with Crippen molar-refractivity contribution >= 4 is 21.7 Å². The van der Waals surface area contributed by atoms with Gasteiger partial charge in [0.1, 0.15) is 17.3 Å². The Labute approximate surface area is 209 Å². The second kappa shape index (κ2) is 10.7. The lowest BCUT2D eigenvalue weighted by atomic mass is 9.96. The molecule has 0 radical (unpaired) electrons. The fourth-order valence-corrected chi connectivity index (χ4v) is 5.22. The van der Waals surface area contributed by atoms with Gasteiger partial charge in [-0.15, -0.1) is 0 Å². The third kappa shape index (κ3) is 5.69. The zero-order valence-electron chi connectivity index (χ0n) is 19.8. The number of rotatable bonds is 7. The number of piperidine rings is 1. The van der Waals surface area contributed by atoms with Crippen molar-refractivity contribution in [3.63, 3.8) is 0 Å².